The number of urea groups is 1. The lowest BCUT2D eigenvalue weighted by molar-refractivity contribution is 0.1000. The Morgan fingerprint density at radius 2 is 2.22 bits per heavy atom. The zero-order chi connectivity index (χ0) is 17.2. The standard InChI is InChI=1S/C13H18ClN3O5S/c1-2-17(11-6-22-7-12(11)18)13(19)16-10-5-8(23(15,20)21)3-4-9(10)14/h3-5,11-12,18H,2,6-7H2,1H3,(H,16,19)(H2,15,20,21)/t11-,12-/m0/s1. The fraction of sp³-hybridized carbons (Fsp3) is 0.462. The predicted molar refractivity (Wildman–Crippen MR) is 84.8 cm³/mol. The molecule has 1 fully saturated rings. The molecule has 0 bridgehead atoms. The zero-order valence-corrected chi connectivity index (χ0v) is 14.0. The Bertz CT molecular complexity index is 697. The largest absolute Gasteiger partial charge is 0.388 e. The second-order valence-corrected chi connectivity index (χ2v) is 7.04. The molecule has 128 valence electrons. The lowest BCUT2D eigenvalue weighted by Gasteiger charge is -2.29. The van der Waals surface area contributed by atoms with Crippen LogP contribution in [0.25, 0.3) is 0 Å². The van der Waals surface area contributed by atoms with Gasteiger partial charge in [-0.25, -0.2) is 18.4 Å². The Balaban J connectivity index is 2.22. The van der Waals surface area contributed by atoms with Gasteiger partial charge in [-0.1, -0.05) is 11.6 Å². The van der Waals surface area contributed by atoms with Gasteiger partial charge in [0.25, 0.3) is 0 Å². The average molecular weight is 364 g/mol. The number of amides is 2. The number of sulfonamides is 1. The maximum Gasteiger partial charge on any atom is 0.322 e. The summed E-state index contributed by atoms with van der Waals surface area (Å²) >= 11 is 5.98. The van der Waals surface area contributed by atoms with E-state index in [1.54, 1.807) is 6.92 Å². The number of aliphatic hydroxyl groups is 1. The number of halogens is 1. The first-order chi connectivity index (χ1) is 10.7. The zero-order valence-electron chi connectivity index (χ0n) is 12.4. The Morgan fingerprint density at radius 3 is 2.74 bits per heavy atom. The average Bonchev–Trinajstić information content (AvgIpc) is 2.87. The monoisotopic (exact) mass is 363 g/mol. The Morgan fingerprint density at radius 1 is 1.52 bits per heavy atom. The topological polar surface area (TPSA) is 122 Å². The number of hydrogen-bond acceptors (Lipinski definition) is 5. The summed E-state index contributed by atoms with van der Waals surface area (Å²) in [5.74, 6) is 0. The van der Waals surface area contributed by atoms with Crippen LogP contribution < -0.4 is 10.5 Å². The summed E-state index contributed by atoms with van der Waals surface area (Å²) in [7, 11) is -3.91. The summed E-state index contributed by atoms with van der Waals surface area (Å²) < 4.78 is 27.9. The minimum absolute atomic E-state index is 0.120. The van der Waals surface area contributed by atoms with E-state index in [1.807, 2.05) is 0 Å². The third-order valence-corrected chi connectivity index (χ3v) is 4.77. The first-order valence-electron chi connectivity index (χ1n) is 6.89. The molecule has 0 radical (unpaired) electrons. The van der Waals surface area contributed by atoms with E-state index in [9.17, 15) is 18.3 Å². The van der Waals surface area contributed by atoms with Crippen molar-refractivity contribution in [2.75, 3.05) is 25.1 Å². The summed E-state index contributed by atoms with van der Waals surface area (Å²) in [6.45, 7) is 2.49. The third kappa shape index (κ3) is 4.12. The number of nitrogens with two attached hydrogens (primary N) is 1. The number of likely N-dealkylation sites (N-methyl/N-ethyl adjacent to an activating group) is 1. The van der Waals surface area contributed by atoms with Crippen molar-refractivity contribution in [3.63, 3.8) is 0 Å². The number of nitrogens with one attached hydrogen (secondary N) is 1. The van der Waals surface area contributed by atoms with Crippen LogP contribution in [0, 0.1) is 0 Å². The second-order valence-electron chi connectivity index (χ2n) is 5.07. The molecule has 1 aromatic carbocycles. The minimum atomic E-state index is -3.91. The van der Waals surface area contributed by atoms with Crippen molar-refractivity contribution >= 4 is 33.3 Å². The quantitative estimate of drug-likeness (QED) is 0.723. The maximum atomic E-state index is 12.4. The highest BCUT2D eigenvalue weighted by Gasteiger charge is 2.34. The van der Waals surface area contributed by atoms with E-state index >= 15 is 0 Å². The molecular formula is C13H18ClN3O5S. The van der Waals surface area contributed by atoms with Gasteiger partial charge in [0.2, 0.25) is 10.0 Å². The molecule has 0 unspecified atom stereocenters. The number of hydrogen-bond donors (Lipinski definition) is 3. The molecule has 0 spiro atoms. The van der Waals surface area contributed by atoms with Gasteiger partial charge in [0.05, 0.1) is 41.0 Å². The number of nitrogens with zero attached hydrogens (tertiary/aromatic N) is 1. The predicted octanol–water partition coefficient (Wildman–Crippen LogP) is 0.601. The number of carbonyl (C=O) groups is 1. The molecule has 2 rings (SSSR count). The van der Waals surface area contributed by atoms with E-state index in [4.69, 9.17) is 21.5 Å². The molecule has 8 nitrogen and oxygen atoms in total. The van der Waals surface area contributed by atoms with Gasteiger partial charge in [0.15, 0.2) is 0 Å². The summed E-state index contributed by atoms with van der Waals surface area (Å²) in [6, 6.07) is 2.78. The Labute approximate surface area is 139 Å². The van der Waals surface area contributed by atoms with Crippen LogP contribution in [-0.4, -0.2) is 56.4 Å². The molecular weight excluding hydrogens is 346 g/mol. The molecule has 1 heterocycles. The van der Waals surface area contributed by atoms with E-state index in [-0.39, 0.29) is 28.8 Å². The fourth-order valence-corrected chi connectivity index (χ4v) is 3.03. The molecule has 1 aliphatic rings. The smallest absolute Gasteiger partial charge is 0.322 e. The molecule has 1 aromatic rings. The van der Waals surface area contributed by atoms with Gasteiger partial charge in [0.1, 0.15) is 0 Å². The van der Waals surface area contributed by atoms with Gasteiger partial charge in [-0.15, -0.1) is 0 Å². The van der Waals surface area contributed by atoms with Crippen molar-refractivity contribution in [1.82, 2.24) is 4.90 Å². The molecule has 0 aromatic heterocycles. The van der Waals surface area contributed by atoms with Crippen LogP contribution in [0.3, 0.4) is 0 Å². The number of carbonyl (C=O) groups excluding carboxylic acids is 1. The molecule has 1 aliphatic heterocycles. The van der Waals surface area contributed by atoms with E-state index < -0.39 is 28.2 Å². The first-order valence-corrected chi connectivity index (χ1v) is 8.82. The van der Waals surface area contributed by atoms with Gasteiger partial charge >= 0.3 is 6.03 Å². The van der Waals surface area contributed by atoms with Gasteiger partial charge in [-0.2, -0.15) is 0 Å². The molecule has 0 saturated carbocycles. The maximum absolute atomic E-state index is 12.4. The van der Waals surface area contributed by atoms with E-state index in [0.29, 0.717) is 6.54 Å². The number of anilines is 1. The Kier molecular flexibility index (Phi) is 5.48. The van der Waals surface area contributed by atoms with Gasteiger partial charge in [0, 0.05) is 6.54 Å². The number of primary sulfonamides is 1. The lowest BCUT2D eigenvalue weighted by atomic mass is 10.2. The van der Waals surface area contributed by atoms with Crippen molar-refractivity contribution in [2.45, 2.75) is 24.0 Å². The van der Waals surface area contributed by atoms with Crippen LogP contribution in [0.5, 0.6) is 0 Å². The number of aliphatic hydroxyl groups excluding tert-OH is 1. The summed E-state index contributed by atoms with van der Waals surface area (Å²) in [4.78, 5) is 13.6. The highest BCUT2D eigenvalue weighted by Crippen LogP contribution is 2.25. The molecule has 2 atom stereocenters. The van der Waals surface area contributed by atoms with E-state index in [1.165, 1.54) is 23.1 Å². The van der Waals surface area contributed by atoms with Crippen molar-refractivity contribution < 1.29 is 23.1 Å². The van der Waals surface area contributed by atoms with Crippen molar-refractivity contribution in [2.24, 2.45) is 5.14 Å². The van der Waals surface area contributed by atoms with Crippen molar-refractivity contribution in [1.29, 1.82) is 0 Å². The second kappa shape index (κ2) is 7.02. The van der Waals surface area contributed by atoms with Crippen LogP contribution >= 0.6 is 11.6 Å². The fourth-order valence-electron chi connectivity index (χ4n) is 2.32. The number of benzene rings is 1. The summed E-state index contributed by atoms with van der Waals surface area (Å²) in [6.07, 6.45) is -0.771. The molecule has 4 N–H and O–H groups in total. The molecule has 0 aliphatic carbocycles. The molecule has 2 amide bonds. The summed E-state index contributed by atoms with van der Waals surface area (Å²) in [5, 5.41) is 17.6. The van der Waals surface area contributed by atoms with Crippen LogP contribution in [0.2, 0.25) is 5.02 Å². The minimum Gasteiger partial charge on any atom is -0.388 e. The molecule has 10 heteroatoms. The van der Waals surface area contributed by atoms with Gasteiger partial charge < -0.3 is 20.1 Å². The normalized spacial score (nSPS) is 21.2. The molecule has 23 heavy (non-hydrogen) atoms. The summed E-state index contributed by atoms with van der Waals surface area (Å²) in [5.41, 5.74) is 0.120. The lowest BCUT2D eigenvalue weighted by Crippen LogP contribution is -2.48. The van der Waals surface area contributed by atoms with Crippen LogP contribution in [0.1, 0.15) is 6.92 Å². The van der Waals surface area contributed by atoms with Crippen LogP contribution in [-0.2, 0) is 14.8 Å². The number of ether oxygens (including phenoxy) is 1. The highest BCUT2D eigenvalue weighted by atomic mass is 35.5. The van der Waals surface area contributed by atoms with Crippen molar-refractivity contribution in [3.8, 4) is 0 Å². The number of rotatable bonds is 4. The van der Waals surface area contributed by atoms with Crippen LogP contribution in [0.4, 0.5) is 10.5 Å². The van der Waals surface area contributed by atoms with Crippen LogP contribution in [0.15, 0.2) is 23.1 Å². The highest BCUT2D eigenvalue weighted by molar-refractivity contribution is 7.89. The SMILES string of the molecule is CCN(C(=O)Nc1cc(S(N)(=O)=O)ccc1Cl)[C@H]1COC[C@@H]1O. The van der Waals surface area contributed by atoms with Gasteiger partial charge in [-0.05, 0) is 25.1 Å². The van der Waals surface area contributed by atoms with E-state index in [2.05, 4.69) is 5.32 Å². The van der Waals surface area contributed by atoms with Crippen molar-refractivity contribution in [3.05, 3.63) is 23.2 Å². The third-order valence-electron chi connectivity index (χ3n) is 3.53. The Hall–Kier alpha value is -1.39. The van der Waals surface area contributed by atoms with E-state index in [0.717, 1.165) is 0 Å². The molecule has 1 saturated heterocycles. The van der Waals surface area contributed by atoms with Gasteiger partial charge in [-0.3, -0.25) is 0 Å². The first kappa shape index (κ1) is 18.0.